The number of ether oxygens (including phenoxy) is 1. The zero-order valence-corrected chi connectivity index (χ0v) is 11.8. The minimum atomic E-state index is 0.469. The quantitative estimate of drug-likeness (QED) is 0.736. The van der Waals surface area contributed by atoms with Gasteiger partial charge >= 0.3 is 0 Å². The molecule has 4 aliphatic rings. The largest absolute Gasteiger partial charge is 0.385 e. The van der Waals surface area contributed by atoms with E-state index in [-0.39, 0.29) is 0 Å². The van der Waals surface area contributed by atoms with E-state index in [0.29, 0.717) is 6.04 Å². The lowest BCUT2D eigenvalue weighted by molar-refractivity contribution is -0.0478. The Labute approximate surface area is 112 Å². The summed E-state index contributed by atoms with van der Waals surface area (Å²) >= 11 is 0. The maximum atomic E-state index is 6.54. The van der Waals surface area contributed by atoms with Crippen LogP contribution in [0.1, 0.15) is 51.4 Å². The van der Waals surface area contributed by atoms with Crippen molar-refractivity contribution in [2.45, 2.75) is 57.4 Å². The fraction of sp³-hybridized carbons (Fsp3) is 1.00. The van der Waals surface area contributed by atoms with E-state index in [1.165, 1.54) is 44.9 Å². The van der Waals surface area contributed by atoms with E-state index >= 15 is 0 Å². The Morgan fingerprint density at radius 1 is 1.00 bits per heavy atom. The van der Waals surface area contributed by atoms with Crippen molar-refractivity contribution in [2.75, 3.05) is 13.7 Å². The standard InChI is InChI=1S/C16H29NO/c1-18-5-3-2-4-15(17)16-13-7-11-6-12(9-13)10-14(16)8-11/h11-16H,2-10,17H2,1H3. The van der Waals surface area contributed by atoms with Crippen LogP contribution < -0.4 is 5.73 Å². The molecule has 0 heterocycles. The van der Waals surface area contributed by atoms with Crippen LogP contribution in [0.2, 0.25) is 0 Å². The summed E-state index contributed by atoms with van der Waals surface area (Å²) in [5.41, 5.74) is 6.54. The summed E-state index contributed by atoms with van der Waals surface area (Å²) in [5.74, 6) is 4.98. The van der Waals surface area contributed by atoms with Gasteiger partial charge in [0.2, 0.25) is 0 Å². The molecular weight excluding hydrogens is 222 g/mol. The van der Waals surface area contributed by atoms with Crippen molar-refractivity contribution < 1.29 is 4.74 Å². The molecule has 4 fully saturated rings. The molecule has 4 aliphatic carbocycles. The Balaban J connectivity index is 1.52. The Morgan fingerprint density at radius 3 is 2.17 bits per heavy atom. The first kappa shape index (κ1) is 12.9. The van der Waals surface area contributed by atoms with Crippen LogP contribution in [0.5, 0.6) is 0 Å². The highest BCUT2D eigenvalue weighted by Crippen LogP contribution is 2.57. The summed E-state index contributed by atoms with van der Waals surface area (Å²) in [6.45, 7) is 0.897. The van der Waals surface area contributed by atoms with E-state index in [0.717, 1.165) is 36.2 Å². The Hall–Kier alpha value is -0.0800. The molecule has 0 aromatic heterocycles. The van der Waals surface area contributed by atoms with Gasteiger partial charge in [-0.15, -0.1) is 0 Å². The second-order valence-electron chi connectivity index (χ2n) is 7.16. The third kappa shape index (κ3) is 2.46. The van der Waals surface area contributed by atoms with Crippen LogP contribution in [-0.2, 0) is 4.74 Å². The van der Waals surface area contributed by atoms with Gasteiger partial charge in [-0.05, 0) is 81.0 Å². The molecule has 2 heteroatoms. The molecule has 0 aliphatic heterocycles. The fourth-order valence-electron chi connectivity index (χ4n) is 5.49. The van der Waals surface area contributed by atoms with Crippen molar-refractivity contribution in [1.29, 1.82) is 0 Å². The van der Waals surface area contributed by atoms with Crippen molar-refractivity contribution in [1.82, 2.24) is 0 Å². The molecule has 1 atom stereocenters. The zero-order valence-electron chi connectivity index (χ0n) is 11.8. The van der Waals surface area contributed by atoms with Gasteiger partial charge in [0.15, 0.2) is 0 Å². The minimum Gasteiger partial charge on any atom is -0.385 e. The fourth-order valence-corrected chi connectivity index (χ4v) is 5.49. The van der Waals surface area contributed by atoms with Gasteiger partial charge in [-0.25, -0.2) is 0 Å². The summed E-state index contributed by atoms with van der Waals surface area (Å²) in [4.78, 5) is 0. The van der Waals surface area contributed by atoms with Crippen LogP contribution in [0.15, 0.2) is 0 Å². The van der Waals surface area contributed by atoms with Gasteiger partial charge < -0.3 is 10.5 Å². The second-order valence-corrected chi connectivity index (χ2v) is 7.16. The van der Waals surface area contributed by atoms with Crippen LogP contribution in [0, 0.1) is 29.6 Å². The van der Waals surface area contributed by atoms with Crippen LogP contribution >= 0.6 is 0 Å². The summed E-state index contributed by atoms with van der Waals surface area (Å²) in [6, 6.07) is 0.469. The number of methoxy groups -OCH3 is 1. The maximum absolute atomic E-state index is 6.54. The van der Waals surface area contributed by atoms with E-state index in [9.17, 15) is 0 Å². The van der Waals surface area contributed by atoms with Gasteiger partial charge in [-0.3, -0.25) is 0 Å². The minimum absolute atomic E-state index is 0.469. The lowest BCUT2D eigenvalue weighted by Crippen LogP contribution is -2.51. The Morgan fingerprint density at radius 2 is 1.61 bits per heavy atom. The third-order valence-electron chi connectivity index (χ3n) is 5.93. The first-order chi connectivity index (χ1) is 8.78. The lowest BCUT2D eigenvalue weighted by Gasteiger charge is -2.56. The SMILES string of the molecule is COCCCCC(N)C1C2CC3CC(C2)CC1C3. The van der Waals surface area contributed by atoms with Crippen LogP contribution in [0.25, 0.3) is 0 Å². The van der Waals surface area contributed by atoms with Gasteiger partial charge in [-0.2, -0.15) is 0 Å². The van der Waals surface area contributed by atoms with E-state index in [1.807, 2.05) is 0 Å². The van der Waals surface area contributed by atoms with Crippen molar-refractivity contribution in [3.63, 3.8) is 0 Å². The number of hydrogen-bond acceptors (Lipinski definition) is 2. The molecule has 4 saturated carbocycles. The molecule has 0 aromatic carbocycles. The van der Waals surface area contributed by atoms with Crippen LogP contribution in [0.4, 0.5) is 0 Å². The van der Waals surface area contributed by atoms with Crippen LogP contribution in [0.3, 0.4) is 0 Å². The molecule has 4 rings (SSSR count). The van der Waals surface area contributed by atoms with Crippen LogP contribution in [-0.4, -0.2) is 19.8 Å². The van der Waals surface area contributed by atoms with Gasteiger partial charge in [0, 0.05) is 19.8 Å². The second kappa shape index (κ2) is 5.50. The van der Waals surface area contributed by atoms with Gasteiger partial charge in [0.1, 0.15) is 0 Å². The normalized spacial score (nSPS) is 43.3. The predicted molar refractivity (Wildman–Crippen MR) is 74.2 cm³/mol. The van der Waals surface area contributed by atoms with E-state index in [4.69, 9.17) is 10.5 Å². The monoisotopic (exact) mass is 251 g/mol. The third-order valence-corrected chi connectivity index (χ3v) is 5.93. The average Bonchev–Trinajstić information content (AvgIpc) is 2.33. The van der Waals surface area contributed by atoms with Gasteiger partial charge in [-0.1, -0.05) is 0 Å². The highest BCUT2D eigenvalue weighted by Gasteiger charge is 2.49. The van der Waals surface area contributed by atoms with E-state index < -0.39 is 0 Å². The zero-order chi connectivity index (χ0) is 12.5. The summed E-state index contributed by atoms with van der Waals surface area (Å²) in [5, 5.41) is 0. The molecular formula is C16H29NO. The molecule has 2 nitrogen and oxygen atoms in total. The molecule has 0 saturated heterocycles. The number of unbranched alkanes of at least 4 members (excludes halogenated alkanes) is 1. The first-order valence-corrected chi connectivity index (χ1v) is 8.02. The van der Waals surface area contributed by atoms with Gasteiger partial charge in [0.05, 0.1) is 0 Å². The average molecular weight is 251 g/mol. The smallest absolute Gasteiger partial charge is 0.0462 e. The molecule has 18 heavy (non-hydrogen) atoms. The maximum Gasteiger partial charge on any atom is 0.0462 e. The molecule has 0 amide bonds. The summed E-state index contributed by atoms with van der Waals surface area (Å²) < 4.78 is 5.12. The number of hydrogen-bond donors (Lipinski definition) is 1. The molecule has 2 N–H and O–H groups in total. The topological polar surface area (TPSA) is 35.2 Å². The number of rotatable bonds is 6. The molecule has 1 unspecified atom stereocenters. The summed E-state index contributed by atoms with van der Waals surface area (Å²) in [6.07, 6.45) is 11.2. The van der Waals surface area contributed by atoms with E-state index in [1.54, 1.807) is 13.5 Å². The van der Waals surface area contributed by atoms with Crippen molar-refractivity contribution >= 4 is 0 Å². The molecule has 0 spiro atoms. The predicted octanol–water partition coefficient (Wildman–Crippen LogP) is 3.20. The molecule has 0 aromatic rings. The highest BCUT2D eigenvalue weighted by atomic mass is 16.5. The Bertz CT molecular complexity index is 250. The molecule has 0 radical (unpaired) electrons. The molecule has 4 bridgehead atoms. The Kier molecular flexibility index (Phi) is 3.95. The van der Waals surface area contributed by atoms with E-state index in [2.05, 4.69) is 0 Å². The highest BCUT2D eigenvalue weighted by molar-refractivity contribution is 5.00. The lowest BCUT2D eigenvalue weighted by atomic mass is 9.50. The van der Waals surface area contributed by atoms with Crippen molar-refractivity contribution in [2.24, 2.45) is 35.3 Å². The summed E-state index contributed by atoms with van der Waals surface area (Å²) in [7, 11) is 1.79. The van der Waals surface area contributed by atoms with Crippen molar-refractivity contribution in [3.8, 4) is 0 Å². The van der Waals surface area contributed by atoms with Gasteiger partial charge in [0.25, 0.3) is 0 Å². The van der Waals surface area contributed by atoms with Crippen molar-refractivity contribution in [3.05, 3.63) is 0 Å². The number of nitrogens with two attached hydrogens (primary N) is 1. The molecule has 104 valence electrons. The first-order valence-electron chi connectivity index (χ1n) is 8.02.